The van der Waals surface area contributed by atoms with Crippen molar-refractivity contribution in [3.05, 3.63) is 35.4 Å². The zero-order valence-corrected chi connectivity index (χ0v) is 12.1. The summed E-state index contributed by atoms with van der Waals surface area (Å²) in [6.45, 7) is 6.41. The van der Waals surface area contributed by atoms with Gasteiger partial charge in [0.1, 0.15) is 17.4 Å². The molecule has 0 aliphatic carbocycles. The van der Waals surface area contributed by atoms with Crippen LogP contribution in [-0.4, -0.2) is 18.6 Å². The molecular weight excluding hydrogens is 252 g/mol. The predicted octanol–water partition coefficient (Wildman–Crippen LogP) is 2.91. The van der Waals surface area contributed by atoms with Gasteiger partial charge in [0.15, 0.2) is 0 Å². The molecule has 20 heavy (non-hydrogen) atoms. The highest BCUT2D eigenvalue weighted by molar-refractivity contribution is 6.01. The van der Waals surface area contributed by atoms with Crippen LogP contribution in [0.1, 0.15) is 32.8 Å². The van der Waals surface area contributed by atoms with Crippen molar-refractivity contribution < 1.29 is 9.53 Å². The molecule has 0 bridgehead atoms. The number of hydrogen-bond acceptors (Lipinski definition) is 3. The van der Waals surface area contributed by atoms with E-state index in [1.54, 1.807) is 6.08 Å². The molecule has 0 aromatic heterocycles. The molecule has 1 N–H and O–H groups in total. The lowest BCUT2D eigenvalue weighted by Gasteiger charge is -2.10. The minimum absolute atomic E-state index is 0.0552. The van der Waals surface area contributed by atoms with E-state index in [2.05, 4.69) is 5.32 Å². The molecule has 0 saturated carbocycles. The van der Waals surface area contributed by atoms with Crippen molar-refractivity contribution in [3.63, 3.8) is 0 Å². The van der Waals surface area contributed by atoms with Crippen LogP contribution in [0.2, 0.25) is 0 Å². The Bertz CT molecular complexity index is 512. The first-order valence-corrected chi connectivity index (χ1v) is 6.76. The number of nitrogens with zero attached hydrogens (tertiary/aromatic N) is 1. The lowest BCUT2D eigenvalue weighted by atomic mass is 10.1. The van der Waals surface area contributed by atoms with E-state index in [-0.39, 0.29) is 17.5 Å². The second-order valence-electron chi connectivity index (χ2n) is 4.45. The van der Waals surface area contributed by atoms with Gasteiger partial charge in [-0.2, -0.15) is 5.26 Å². The molecule has 0 spiro atoms. The SMILES string of the molecule is CCOc1ccc(/C=C(\C#N)C(=O)NC(C)CC)cc1. The van der Waals surface area contributed by atoms with Gasteiger partial charge < -0.3 is 10.1 Å². The molecule has 0 aliphatic heterocycles. The highest BCUT2D eigenvalue weighted by atomic mass is 16.5. The van der Waals surface area contributed by atoms with E-state index >= 15 is 0 Å². The molecule has 1 amide bonds. The van der Waals surface area contributed by atoms with Gasteiger partial charge in [-0.05, 0) is 44.0 Å². The highest BCUT2D eigenvalue weighted by Crippen LogP contribution is 2.14. The van der Waals surface area contributed by atoms with E-state index < -0.39 is 0 Å². The van der Waals surface area contributed by atoms with Crippen molar-refractivity contribution in [1.82, 2.24) is 5.32 Å². The van der Waals surface area contributed by atoms with Crippen LogP contribution in [-0.2, 0) is 4.79 Å². The molecule has 1 rings (SSSR count). The number of hydrogen-bond donors (Lipinski definition) is 1. The molecule has 0 saturated heterocycles. The van der Waals surface area contributed by atoms with Crippen LogP contribution in [0.15, 0.2) is 29.8 Å². The van der Waals surface area contributed by atoms with Gasteiger partial charge in [-0.15, -0.1) is 0 Å². The van der Waals surface area contributed by atoms with Gasteiger partial charge in [0.25, 0.3) is 5.91 Å². The molecule has 1 aromatic rings. The summed E-state index contributed by atoms with van der Waals surface area (Å²) in [7, 11) is 0. The Morgan fingerprint density at radius 2 is 2.05 bits per heavy atom. The van der Waals surface area contributed by atoms with Gasteiger partial charge in [0.05, 0.1) is 6.61 Å². The van der Waals surface area contributed by atoms with Crippen LogP contribution in [0.25, 0.3) is 6.08 Å². The third kappa shape index (κ3) is 4.77. The molecule has 0 radical (unpaired) electrons. The molecule has 4 nitrogen and oxygen atoms in total. The minimum atomic E-state index is -0.337. The van der Waals surface area contributed by atoms with E-state index in [0.29, 0.717) is 6.61 Å². The number of amides is 1. The molecule has 1 aromatic carbocycles. The van der Waals surface area contributed by atoms with E-state index in [1.807, 2.05) is 51.1 Å². The molecule has 1 unspecified atom stereocenters. The zero-order valence-electron chi connectivity index (χ0n) is 12.1. The summed E-state index contributed by atoms with van der Waals surface area (Å²) in [4.78, 5) is 11.9. The first-order valence-electron chi connectivity index (χ1n) is 6.76. The molecule has 106 valence electrons. The van der Waals surface area contributed by atoms with Crippen LogP contribution in [0, 0.1) is 11.3 Å². The summed E-state index contributed by atoms with van der Waals surface area (Å²) in [5, 5.41) is 11.9. The monoisotopic (exact) mass is 272 g/mol. The number of carbonyl (C=O) groups excluding carboxylic acids is 1. The number of rotatable bonds is 6. The van der Waals surface area contributed by atoms with Crippen LogP contribution in [0.4, 0.5) is 0 Å². The maximum absolute atomic E-state index is 11.9. The Balaban J connectivity index is 2.83. The smallest absolute Gasteiger partial charge is 0.262 e. The molecular formula is C16H20N2O2. The highest BCUT2D eigenvalue weighted by Gasteiger charge is 2.11. The fraction of sp³-hybridized carbons (Fsp3) is 0.375. The zero-order chi connectivity index (χ0) is 15.0. The van der Waals surface area contributed by atoms with Crippen LogP contribution < -0.4 is 10.1 Å². The van der Waals surface area contributed by atoms with Crippen molar-refractivity contribution in [2.45, 2.75) is 33.2 Å². The molecule has 1 atom stereocenters. The number of nitriles is 1. The summed E-state index contributed by atoms with van der Waals surface area (Å²) >= 11 is 0. The average molecular weight is 272 g/mol. The summed E-state index contributed by atoms with van der Waals surface area (Å²) in [6.07, 6.45) is 2.40. The summed E-state index contributed by atoms with van der Waals surface area (Å²) in [5.41, 5.74) is 0.902. The summed E-state index contributed by atoms with van der Waals surface area (Å²) in [5.74, 6) is 0.433. The minimum Gasteiger partial charge on any atom is -0.494 e. The molecule has 4 heteroatoms. The maximum atomic E-state index is 11.9. The normalized spacial score (nSPS) is 12.4. The summed E-state index contributed by atoms with van der Waals surface area (Å²) in [6, 6.07) is 9.26. The lowest BCUT2D eigenvalue weighted by molar-refractivity contribution is -0.117. The van der Waals surface area contributed by atoms with E-state index in [4.69, 9.17) is 10.00 Å². The number of nitrogens with one attached hydrogen (secondary N) is 1. The largest absolute Gasteiger partial charge is 0.494 e. The number of carbonyl (C=O) groups is 1. The Kier molecular flexibility index (Phi) is 6.31. The van der Waals surface area contributed by atoms with Crippen molar-refractivity contribution in [2.75, 3.05) is 6.61 Å². The average Bonchev–Trinajstić information content (AvgIpc) is 2.46. The third-order valence-electron chi connectivity index (χ3n) is 2.86. The van der Waals surface area contributed by atoms with Gasteiger partial charge in [0, 0.05) is 6.04 Å². The number of benzene rings is 1. The van der Waals surface area contributed by atoms with E-state index in [1.165, 1.54) is 0 Å². The van der Waals surface area contributed by atoms with Gasteiger partial charge >= 0.3 is 0 Å². The first kappa shape index (κ1) is 15.8. The Morgan fingerprint density at radius 3 is 2.55 bits per heavy atom. The Morgan fingerprint density at radius 1 is 1.40 bits per heavy atom. The quantitative estimate of drug-likeness (QED) is 0.639. The van der Waals surface area contributed by atoms with Crippen molar-refractivity contribution >= 4 is 12.0 Å². The second kappa shape index (κ2) is 8.00. The maximum Gasteiger partial charge on any atom is 0.262 e. The van der Waals surface area contributed by atoms with Crippen molar-refractivity contribution in [1.29, 1.82) is 5.26 Å². The van der Waals surface area contributed by atoms with Gasteiger partial charge in [0.2, 0.25) is 0 Å². The Labute approximate surface area is 120 Å². The molecule has 0 aliphatic rings. The van der Waals surface area contributed by atoms with E-state index in [0.717, 1.165) is 17.7 Å². The third-order valence-corrected chi connectivity index (χ3v) is 2.86. The summed E-state index contributed by atoms with van der Waals surface area (Å²) < 4.78 is 5.34. The molecule has 0 heterocycles. The van der Waals surface area contributed by atoms with Gasteiger partial charge in [-0.25, -0.2) is 0 Å². The standard InChI is InChI=1S/C16H20N2O2/c1-4-12(3)18-16(19)14(11-17)10-13-6-8-15(9-7-13)20-5-2/h6-10,12H,4-5H2,1-3H3,(H,18,19)/b14-10+. The second-order valence-corrected chi connectivity index (χ2v) is 4.45. The Hall–Kier alpha value is -2.28. The van der Waals surface area contributed by atoms with Crippen LogP contribution in [0.3, 0.4) is 0 Å². The first-order chi connectivity index (χ1) is 9.60. The fourth-order valence-electron chi connectivity index (χ4n) is 1.55. The van der Waals surface area contributed by atoms with Crippen LogP contribution >= 0.6 is 0 Å². The fourth-order valence-corrected chi connectivity index (χ4v) is 1.55. The van der Waals surface area contributed by atoms with Gasteiger partial charge in [-0.1, -0.05) is 19.1 Å². The topological polar surface area (TPSA) is 62.1 Å². The lowest BCUT2D eigenvalue weighted by Crippen LogP contribution is -2.32. The molecule has 0 fully saturated rings. The van der Waals surface area contributed by atoms with Crippen LogP contribution in [0.5, 0.6) is 5.75 Å². The van der Waals surface area contributed by atoms with Crippen molar-refractivity contribution in [2.24, 2.45) is 0 Å². The van der Waals surface area contributed by atoms with E-state index in [9.17, 15) is 4.79 Å². The van der Waals surface area contributed by atoms with Crippen molar-refractivity contribution in [3.8, 4) is 11.8 Å². The predicted molar refractivity (Wildman–Crippen MR) is 79.1 cm³/mol. The van der Waals surface area contributed by atoms with Gasteiger partial charge in [-0.3, -0.25) is 4.79 Å². The number of ether oxygens (including phenoxy) is 1.